The van der Waals surface area contributed by atoms with Gasteiger partial charge in [-0.05, 0) is 41.5 Å². The quantitative estimate of drug-likeness (QED) is 0.428. The lowest BCUT2D eigenvalue weighted by molar-refractivity contribution is -0.141. The van der Waals surface area contributed by atoms with Crippen molar-refractivity contribution in [3.8, 4) is 17.0 Å². The second kappa shape index (κ2) is 8.15. The van der Waals surface area contributed by atoms with Gasteiger partial charge in [0.2, 0.25) is 0 Å². The normalized spacial score (nSPS) is 17.1. The molecule has 5 rings (SSSR count). The van der Waals surface area contributed by atoms with Crippen molar-refractivity contribution < 1.29 is 22.3 Å². The summed E-state index contributed by atoms with van der Waals surface area (Å²) in [6, 6.07) is 11.6. The smallest absolute Gasteiger partial charge is 0.433 e. The van der Waals surface area contributed by atoms with Crippen molar-refractivity contribution in [2.75, 3.05) is 7.11 Å². The molecule has 6 nitrogen and oxygen atoms in total. The Bertz CT molecular complexity index is 1460. The van der Waals surface area contributed by atoms with Crippen LogP contribution in [0.15, 0.2) is 78.3 Å². The summed E-state index contributed by atoms with van der Waals surface area (Å²) in [6.45, 7) is 0. The highest BCUT2D eigenvalue weighted by Gasteiger charge is 2.45. The van der Waals surface area contributed by atoms with Crippen molar-refractivity contribution in [1.29, 1.82) is 0 Å². The highest BCUT2D eigenvalue weighted by molar-refractivity contribution is 6.03. The molecular formula is C25H17F4N5O. The van der Waals surface area contributed by atoms with E-state index in [1.54, 1.807) is 24.3 Å². The Balaban J connectivity index is 1.85. The lowest BCUT2D eigenvalue weighted by atomic mass is 9.77. The summed E-state index contributed by atoms with van der Waals surface area (Å²) in [5.74, 6) is -0.289. The first-order valence-electron chi connectivity index (χ1n) is 10.4. The number of benzene rings is 2. The predicted octanol–water partition coefficient (Wildman–Crippen LogP) is 4.72. The van der Waals surface area contributed by atoms with Crippen molar-refractivity contribution in [3.63, 3.8) is 0 Å². The maximum Gasteiger partial charge on any atom is 0.433 e. The molecule has 3 heterocycles. The fraction of sp³-hybridized carbons (Fsp3) is 0.120. The van der Waals surface area contributed by atoms with E-state index in [-0.39, 0.29) is 17.0 Å². The maximum absolute atomic E-state index is 14.9. The van der Waals surface area contributed by atoms with E-state index in [2.05, 4.69) is 19.9 Å². The van der Waals surface area contributed by atoms with E-state index >= 15 is 0 Å². The molecule has 176 valence electrons. The molecule has 0 fully saturated rings. The number of rotatable bonds is 4. The summed E-state index contributed by atoms with van der Waals surface area (Å²) < 4.78 is 61.1. The first-order valence-corrected chi connectivity index (χ1v) is 10.4. The molecule has 4 aromatic rings. The fourth-order valence-corrected chi connectivity index (χ4v) is 4.37. The van der Waals surface area contributed by atoms with Crippen LogP contribution in [0.1, 0.15) is 27.9 Å². The molecule has 0 bridgehead atoms. The minimum atomic E-state index is -4.69. The fourth-order valence-electron chi connectivity index (χ4n) is 4.37. The van der Waals surface area contributed by atoms with Crippen molar-refractivity contribution in [2.24, 2.45) is 10.7 Å². The molecule has 1 atom stereocenters. The van der Waals surface area contributed by atoms with Gasteiger partial charge >= 0.3 is 6.18 Å². The Morgan fingerprint density at radius 2 is 1.74 bits per heavy atom. The van der Waals surface area contributed by atoms with E-state index < -0.39 is 23.2 Å². The van der Waals surface area contributed by atoms with Crippen LogP contribution in [-0.2, 0) is 11.7 Å². The number of hydrogen-bond donors (Lipinski definition) is 1. The molecule has 0 saturated heterocycles. The lowest BCUT2D eigenvalue weighted by Crippen LogP contribution is -2.26. The molecule has 2 aromatic carbocycles. The average Bonchev–Trinajstić information content (AvgIpc) is 3.18. The molecule has 0 radical (unpaired) electrons. The number of methoxy groups -OCH3 is 1. The van der Waals surface area contributed by atoms with Gasteiger partial charge in [0.25, 0.3) is 0 Å². The van der Waals surface area contributed by atoms with Crippen LogP contribution < -0.4 is 10.5 Å². The van der Waals surface area contributed by atoms with E-state index in [1.165, 1.54) is 43.9 Å². The number of nitrogens with two attached hydrogens (primary N) is 1. The average molecular weight is 479 g/mol. The molecule has 0 aliphatic carbocycles. The van der Waals surface area contributed by atoms with E-state index in [4.69, 9.17) is 10.5 Å². The number of aliphatic imine (C=N–C) groups is 1. The number of pyridine rings is 1. The number of halogens is 4. The van der Waals surface area contributed by atoms with Crippen LogP contribution in [0.4, 0.5) is 17.6 Å². The van der Waals surface area contributed by atoms with E-state index in [0.717, 1.165) is 12.3 Å². The van der Waals surface area contributed by atoms with E-state index in [1.807, 2.05) is 0 Å². The van der Waals surface area contributed by atoms with Crippen LogP contribution in [0.25, 0.3) is 11.3 Å². The van der Waals surface area contributed by atoms with Gasteiger partial charge in [0.1, 0.15) is 28.6 Å². The zero-order chi connectivity index (χ0) is 24.8. The lowest BCUT2D eigenvalue weighted by Gasteiger charge is -2.30. The van der Waals surface area contributed by atoms with Gasteiger partial charge in [0.05, 0.1) is 24.6 Å². The summed E-state index contributed by atoms with van der Waals surface area (Å²) in [5.41, 5.74) is 5.39. The number of ether oxygens (including phenoxy) is 1. The van der Waals surface area contributed by atoms with Gasteiger partial charge in [0, 0.05) is 29.7 Å². The van der Waals surface area contributed by atoms with Crippen LogP contribution >= 0.6 is 0 Å². The third kappa shape index (κ3) is 3.58. The number of fused-ring (bicyclic) bond motifs is 1. The van der Waals surface area contributed by atoms with Gasteiger partial charge < -0.3 is 10.5 Å². The molecular weight excluding hydrogens is 462 g/mol. The summed E-state index contributed by atoms with van der Waals surface area (Å²) in [7, 11) is 1.49. The van der Waals surface area contributed by atoms with Gasteiger partial charge in [-0.2, -0.15) is 13.2 Å². The molecule has 35 heavy (non-hydrogen) atoms. The molecule has 0 amide bonds. The Kier molecular flexibility index (Phi) is 5.23. The molecule has 10 heteroatoms. The highest BCUT2D eigenvalue weighted by Crippen LogP contribution is 2.48. The van der Waals surface area contributed by atoms with E-state index in [9.17, 15) is 17.6 Å². The van der Waals surface area contributed by atoms with Crippen LogP contribution in [0.2, 0.25) is 0 Å². The molecule has 0 spiro atoms. The Hall–Kier alpha value is -4.34. The van der Waals surface area contributed by atoms with Gasteiger partial charge in [-0.15, -0.1) is 0 Å². The number of hydrogen-bond acceptors (Lipinski definition) is 6. The molecule has 2 aromatic heterocycles. The zero-order valence-corrected chi connectivity index (χ0v) is 18.2. The molecule has 1 unspecified atom stereocenters. The first-order chi connectivity index (χ1) is 16.8. The SMILES string of the molecule is COc1ccc(C2(c3ccnc(C(F)(F)F)c3)N=C(N)c3c(F)cccc32)cc1-c1cnccn1. The second-order valence-electron chi connectivity index (χ2n) is 7.80. The van der Waals surface area contributed by atoms with Crippen LogP contribution in [0.3, 0.4) is 0 Å². The third-order valence-corrected chi connectivity index (χ3v) is 5.87. The van der Waals surface area contributed by atoms with Crippen molar-refractivity contribution in [3.05, 3.63) is 107 Å². The van der Waals surface area contributed by atoms with Crippen molar-refractivity contribution >= 4 is 5.84 Å². The molecule has 1 aliphatic heterocycles. The summed E-state index contributed by atoms with van der Waals surface area (Å²) >= 11 is 0. The standard InChI is InChI=1S/C25H17F4N5O/c1-35-20-6-5-14(11-16(20)19-13-31-9-10-32-19)24(15-7-8-33-21(12-15)25(27,28)29)17-3-2-4-18(26)22(17)23(30)34-24/h2-13H,1H3,(H2,30,34). The maximum atomic E-state index is 14.9. The topological polar surface area (TPSA) is 86.3 Å². The monoisotopic (exact) mass is 479 g/mol. The number of nitrogens with zero attached hydrogens (tertiary/aromatic N) is 4. The summed E-state index contributed by atoms with van der Waals surface area (Å²) in [6.07, 6.45) is 0.906. The number of amidine groups is 1. The highest BCUT2D eigenvalue weighted by atomic mass is 19.4. The zero-order valence-electron chi connectivity index (χ0n) is 18.2. The van der Waals surface area contributed by atoms with E-state index in [0.29, 0.717) is 28.1 Å². The van der Waals surface area contributed by atoms with Crippen LogP contribution in [0, 0.1) is 5.82 Å². The van der Waals surface area contributed by atoms with Gasteiger partial charge in [0.15, 0.2) is 0 Å². The molecule has 2 N–H and O–H groups in total. The predicted molar refractivity (Wildman–Crippen MR) is 120 cm³/mol. The second-order valence-corrected chi connectivity index (χ2v) is 7.80. The minimum absolute atomic E-state index is 0.0368. The van der Waals surface area contributed by atoms with Gasteiger partial charge in [-0.25, -0.2) is 9.38 Å². The number of aromatic nitrogens is 3. The van der Waals surface area contributed by atoms with Gasteiger partial charge in [-0.3, -0.25) is 15.0 Å². The summed E-state index contributed by atoms with van der Waals surface area (Å²) in [4.78, 5) is 16.5. The van der Waals surface area contributed by atoms with Crippen LogP contribution in [-0.4, -0.2) is 27.9 Å². The Morgan fingerprint density at radius 3 is 2.46 bits per heavy atom. The minimum Gasteiger partial charge on any atom is -0.496 e. The number of alkyl halides is 3. The first kappa shape index (κ1) is 22.5. The van der Waals surface area contributed by atoms with Gasteiger partial charge in [-0.1, -0.05) is 18.2 Å². The van der Waals surface area contributed by atoms with Crippen molar-refractivity contribution in [2.45, 2.75) is 11.7 Å². The summed E-state index contributed by atoms with van der Waals surface area (Å²) in [5, 5.41) is 0. The van der Waals surface area contributed by atoms with Crippen molar-refractivity contribution in [1.82, 2.24) is 15.0 Å². The Morgan fingerprint density at radius 1 is 0.943 bits per heavy atom. The molecule has 0 saturated carbocycles. The molecule has 1 aliphatic rings. The Labute approximate surface area is 197 Å². The third-order valence-electron chi connectivity index (χ3n) is 5.87. The largest absolute Gasteiger partial charge is 0.496 e. The van der Waals surface area contributed by atoms with Crippen LogP contribution in [0.5, 0.6) is 5.75 Å².